The van der Waals surface area contributed by atoms with Crippen molar-refractivity contribution in [2.24, 2.45) is 5.92 Å². The molecule has 2 fully saturated rings. The van der Waals surface area contributed by atoms with Crippen LogP contribution in [0, 0.1) is 5.92 Å². The molecule has 5 nitrogen and oxygen atoms in total. The average Bonchev–Trinajstić information content (AvgIpc) is 2.63. The number of pyridine rings is 2. The van der Waals surface area contributed by atoms with E-state index >= 15 is 0 Å². The lowest BCUT2D eigenvalue weighted by Gasteiger charge is -2.58. The summed E-state index contributed by atoms with van der Waals surface area (Å²) in [6.07, 6.45) is 6.07. The molecule has 0 aromatic carbocycles. The van der Waals surface area contributed by atoms with E-state index in [1.54, 1.807) is 6.20 Å². The highest BCUT2D eigenvalue weighted by Gasteiger charge is 2.49. The fraction of sp³-hybridized carbons (Fsp3) is 0.500. The third kappa shape index (κ3) is 3.67. The average molecular weight is 338 g/mol. The van der Waals surface area contributed by atoms with Crippen LogP contribution in [0.5, 0.6) is 5.88 Å². The minimum Gasteiger partial charge on any atom is -0.477 e. The quantitative estimate of drug-likeness (QED) is 0.838. The van der Waals surface area contributed by atoms with Crippen LogP contribution in [0.4, 0.5) is 0 Å². The SMILES string of the molecule is CN1CCC(COc2ccccn2)CC12CN(Cc1ccccn1)C2. The van der Waals surface area contributed by atoms with Gasteiger partial charge in [-0.3, -0.25) is 14.8 Å². The third-order valence-corrected chi connectivity index (χ3v) is 5.60. The smallest absolute Gasteiger partial charge is 0.213 e. The lowest BCUT2D eigenvalue weighted by Crippen LogP contribution is -2.71. The monoisotopic (exact) mass is 338 g/mol. The molecule has 0 amide bonds. The lowest BCUT2D eigenvalue weighted by atomic mass is 9.75. The van der Waals surface area contributed by atoms with Gasteiger partial charge in [0.2, 0.25) is 5.88 Å². The number of likely N-dealkylation sites (N-methyl/N-ethyl adjacent to an activating group) is 1. The fourth-order valence-electron chi connectivity index (χ4n) is 4.18. The fourth-order valence-corrected chi connectivity index (χ4v) is 4.18. The van der Waals surface area contributed by atoms with Gasteiger partial charge in [0.25, 0.3) is 0 Å². The molecular weight excluding hydrogens is 312 g/mol. The first-order valence-electron chi connectivity index (χ1n) is 9.11. The summed E-state index contributed by atoms with van der Waals surface area (Å²) in [6.45, 7) is 5.12. The van der Waals surface area contributed by atoms with E-state index in [2.05, 4.69) is 38.9 Å². The van der Waals surface area contributed by atoms with Crippen LogP contribution < -0.4 is 4.74 Å². The largest absolute Gasteiger partial charge is 0.477 e. The van der Waals surface area contributed by atoms with Crippen LogP contribution in [0.3, 0.4) is 0 Å². The Morgan fingerprint density at radius 1 is 1.12 bits per heavy atom. The van der Waals surface area contributed by atoms with Crippen LogP contribution in [0.15, 0.2) is 48.8 Å². The molecule has 0 saturated carbocycles. The molecule has 5 heteroatoms. The predicted octanol–water partition coefficient (Wildman–Crippen LogP) is 2.45. The zero-order chi connectivity index (χ0) is 17.1. The molecule has 1 atom stereocenters. The first-order valence-corrected chi connectivity index (χ1v) is 9.11. The van der Waals surface area contributed by atoms with Crippen molar-refractivity contribution in [2.75, 3.05) is 33.3 Å². The summed E-state index contributed by atoms with van der Waals surface area (Å²) in [7, 11) is 2.27. The summed E-state index contributed by atoms with van der Waals surface area (Å²) in [5.41, 5.74) is 1.47. The maximum atomic E-state index is 5.91. The minimum atomic E-state index is 0.311. The molecule has 2 aliphatic rings. The van der Waals surface area contributed by atoms with Crippen molar-refractivity contribution in [3.05, 3.63) is 54.5 Å². The van der Waals surface area contributed by atoms with Crippen molar-refractivity contribution in [1.29, 1.82) is 0 Å². The first-order chi connectivity index (χ1) is 12.2. The van der Waals surface area contributed by atoms with Gasteiger partial charge in [0, 0.05) is 43.6 Å². The van der Waals surface area contributed by atoms with Crippen molar-refractivity contribution in [3.8, 4) is 5.88 Å². The van der Waals surface area contributed by atoms with Crippen LogP contribution in [0.1, 0.15) is 18.5 Å². The summed E-state index contributed by atoms with van der Waals surface area (Å²) in [4.78, 5) is 13.8. The number of ether oxygens (including phenoxy) is 1. The van der Waals surface area contributed by atoms with Crippen molar-refractivity contribution < 1.29 is 4.74 Å². The molecule has 1 spiro atoms. The Bertz CT molecular complexity index is 673. The molecule has 4 rings (SSSR count). The molecule has 0 aliphatic carbocycles. The Hall–Kier alpha value is -1.98. The highest BCUT2D eigenvalue weighted by Crippen LogP contribution is 2.38. The van der Waals surface area contributed by atoms with E-state index in [0.29, 0.717) is 11.5 Å². The van der Waals surface area contributed by atoms with Crippen molar-refractivity contribution in [3.63, 3.8) is 0 Å². The van der Waals surface area contributed by atoms with Gasteiger partial charge in [-0.15, -0.1) is 0 Å². The Kier molecular flexibility index (Phi) is 4.68. The van der Waals surface area contributed by atoms with E-state index < -0.39 is 0 Å². The van der Waals surface area contributed by atoms with Crippen LogP contribution in [0.25, 0.3) is 0 Å². The standard InChI is InChI=1S/C20H26N4O/c1-23-11-8-17(14-25-19-7-3-5-10-22-19)12-20(23)15-24(16-20)13-18-6-2-4-9-21-18/h2-7,9-10,17H,8,11-16H2,1H3. The number of hydrogen-bond acceptors (Lipinski definition) is 5. The molecule has 2 aliphatic heterocycles. The first kappa shape index (κ1) is 16.5. The normalized spacial score (nSPS) is 23.3. The molecule has 2 saturated heterocycles. The second-order valence-corrected chi connectivity index (χ2v) is 7.45. The van der Waals surface area contributed by atoms with Gasteiger partial charge in [-0.05, 0) is 50.6 Å². The predicted molar refractivity (Wildman–Crippen MR) is 97.3 cm³/mol. The van der Waals surface area contributed by atoms with Gasteiger partial charge in [0.1, 0.15) is 0 Å². The zero-order valence-corrected chi connectivity index (χ0v) is 14.8. The summed E-state index contributed by atoms with van der Waals surface area (Å²) < 4.78 is 5.91. The van der Waals surface area contributed by atoms with Gasteiger partial charge in [0.15, 0.2) is 0 Å². The van der Waals surface area contributed by atoms with E-state index in [0.717, 1.165) is 44.4 Å². The molecule has 4 heterocycles. The lowest BCUT2D eigenvalue weighted by molar-refractivity contribution is -0.0878. The molecule has 132 valence electrons. The number of piperidine rings is 1. The number of hydrogen-bond donors (Lipinski definition) is 0. The van der Waals surface area contributed by atoms with Crippen molar-refractivity contribution in [1.82, 2.24) is 19.8 Å². The topological polar surface area (TPSA) is 41.5 Å². The Labute approximate surface area is 149 Å². The molecule has 0 radical (unpaired) electrons. The zero-order valence-electron chi connectivity index (χ0n) is 14.8. The minimum absolute atomic E-state index is 0.311. The molecule has 25 heavy (non-hydrogen) atoms. The van der Waals surface area contributed by atoms with Gasteiger partial charge >= 0.3 is 0 Å². The Balaban J connectivity index is 1.31. The molecule has 2 aromatic heterocycles. The second-order valence-electron chi connectivity index (χ2n) is 7.45. The van der Waals surface area contributed by atoms with Crippen LogP contribution in [-0.2, 0) is 6.54 Å². The number of likely N-dealkylation sites (tertiary alicyclic amines) is 2. The highest BCUT2D eigenvalue weighted by atomic mass is 16.5. The van der Waals surface area contributed by atoms with Crippen LogP contribution >= 0.6 is 0 Å². The Morgan fingerprint density at radius 2 is 1.92 bits per heavy atom. The molecular formula is C20H26N4O. The molecule has 0 N–H and O–H groups in total. The van der Waals surface area contributed by atoms with Gasteiger partial charge in [0.05, 0.1) is 12.3 Å². The van der Waals surface area contributed by atoms with E-state index in [-0.39, 0.29) is 0 Å². The van der Waals surface area contributed by atoms with Crippen LogP contribution in [-0.4, -0.2) is 58.6 Å². The maximum absolute atomic E-state index is 5.91. The molecule has 1 unspecified atom stereocenters. The van der Waals surface area contributed by atoms with Crippen molar-refractivity contribution >= 4 is 0 Å². The van der Waals surface area contributed by atoms with E-state index in [1.165, 1.54) is 12.8 Å². The van der Waals surface area contributed by atoms with Gasteiger partial charge < -0.3 is 4.74 Å². The van der Waals surface area contributed by atoms with Crippen molar-refractivity contribution in [2.45, 2.75) is 24.9 Å². The van der Waals surface area contributed by atoms with Crippen LogP contribution in [0.2, 0.25) is 0 Å². The van der Waals surface area contributed by atoms with Gasteiger partial charge in [-0.2, -0.15) is 0 Å². The van der Waals surface area contributed by atoms with Gasteiger partial charge in [-0.25, -0.2) is 4.98 Å². The number of aromatic nitrogens is 2. The third-order valence-electron chi connectivity index (χ3n) is 5.60. The summed E-state index contributed by atoms with van der Waals surface area (Å²) in [6, 6.07) is 12.0. The summed E-state index contributed by atoms with van der Waals surface area (Å²) in [5.74, 6) is 1.34. The molecule has 0 bridgehead atoms. The van der Waals surface area contributed by atoms with E-state index in [1.807, 2.05) is 30.5 Å². The maximum Gasteiger partial charge on any atom is 0.213 e. The number of nitrogens with zero attached hydrogens (tertiary/aromatic N) is 4. The molecule has 2 aromatic rings. The summed E-state index contributed by atoms with van der Waals surface area (Å²) >= 11 is 0. The van der Waals surface area contributed by atoms with E-state index in [4.69, 9.17) is 4.74 Å². The second kappa shape index (κ2) is 7.10. The Morgan fingerprint density at radius 3 is 2.64 bits per heavy atom. The summed E-state index contributed by atoms with van der Waals surface area (Å²) in [5, 5.41) is 0. The highest BCUT2D eigenvalue weighted by molar-refractivity contribution is 5.11. The number of rotatable bonds is 5. The van der Waals surface area contributed by atoms with E-state index in [9.17, 15) is 0 Å². The van der Waals surface area contributed by atoms with Gasteiger partial charge in [-0.1, -0.05) is 12.1 Å².